The molecule has 0 spiro atoms. The van der Waals surface area contributed by atoms with E-state index in [0.29, 0.717) is 23.5 Å². The van der Waals surface area contributed by atoms with E-state index in [1.165, 1.54) is 0 Å². The van der Waals surface area contributed by atoms with E-state index in [-0.39, 0.29) is 37.0 Å². The summed E-state index contributed by atoms with van der Waals surface area (Å²) in [6.45, 7) is 0.485. The van der Waals surface area contributed by atoms with Crippen molar-refractivity contribution >= 4 is 23.3 Å². The monoisotopic (exact) mass is 352 g/mol. The third-order valence-corrected chi connectivity index (χ3v) is 4.19. The predicted octanol–water partition coefficient (Wildman–Crippen LogP) is 2.64. The quantitative estimate of drug-likeness (QED) is 0.811. The molecule has 0 aliphatic carbocycles. The molecule has 3 rings (SSSR count). The molecule has 0 aromatic heterocycles. The van der Waals surface area contributed by atoms with Crippen molar-refractivity contribution in [3.8, 4) is 5.75 Å². The van der Waals surface area contributed by atoms with Crippen molar-refractivity contribution in [1.82, 2.24) is 4.90 Å². The third-order valence-electron chi connectivity index (χ3n) is 4.19. The van der Waals surface area contributed by atoms with Crippen LogP contribution in [0.25, 0.3) is 0 Å². The van der Waals surface area contributed by atoms with Crippen LogP contribution in [-0.2, 0) is 16.1 Å². The van der Waals surface area contributed by atoms with E-state index in [9.17, 15) is 14.4 Å². The molecule has 1 N–H and O–H groups in total. The second-order valence-corrected chi connectivity index (χ2v) is 6.21. The zero-order valence-corrected chi connectivity index (χ0v) is 14.5. The number of hydrogen-bond acceptors (Lipinski definition) is 4. The molecule has 0 saturated heterocycles. The number of amides is 2. The summed E-state index contributed by atoms with van der Waals surface area (Å²) in [6, 6.07) is 14.6. The minimum atomic E-state index is -0.250. The average Bonchev–Trinajstić information content (AvgIpc) is 2.65. The standard InChI is InChI=1S/C20H20N2O4/c1-22(12-14-5-3-2-4-6-14)20(25)10-8-17(23)15-7-9-18-16(11-15)21-19(24)13-26-18/h2-7,9,11H,8,10,12-13H2,1H3,(H,21,24). The summed E-state index contributed by atoms with van der Waals surface area (Å²) in [5.74, 6) is 0.0607. The Balaban J connectivity index is 1.56. The maximum atomic E-state index is 12.4. The molecule has 0 radical (unpaired) electrons. The fourth-order valence-corrected chi connectivity index (χ4v) is 2.76. The van der Waals surface area contributed by atoms with Crippen LogP contribution >= 0.6 is 0 Å². The normalized spacial score (nSPS) is 12.6. The SMILES string of the molecule is CN(Cc1ccccc1)C(=O)CCC(=O)c1ccc2c(c1)NC(=O)CO2. The number of carbonyl (C=O) groups excluding carboxylic acids is 3. The Labute approximate surface area is 151 Å². The average molecular weight is 352 g/mol. The van der Waals surface area contributed by atoms with Crippen molar-refractivity contribution in [3.05, 3.63) is 59.7 Å². The summed E-state index contributed by atoms with van der Waals surface area (Å²) in [7, 11) is 1.73. The van der Waals surface area contributed by atoms with Gasteiger partial charge >= 0.3 is 0 Å². The molecule has 1 aliphatic rings. The van der Waals surface area contributed by atoms with E-state index in [1.807, 2.05) is 30.3 Å². The molecule has 26 heavy (non-hydrogen) atoms. The van der Waals surface area contributed by atoms with Crippen LogP contribution in [-0.4, -0.2) is 36.2 Å². The number of ketones is 1. The summed E-state index contributed by atoms with van der Waals surface area (Å²) in [6.07, 6.45) is 0.258. The van der Waals surface area contributed by atoms with Crippen LogP contribution in [0, 0.1) is 0 Å². The molecule has 0 bridgehead atoms. The molecule has 2 aromatic rings. The van der Waals surface area contributed by atoms with E-state index < -0.39 is 0 Å². The number of Topliss-reactive ketones (excluding diaryl/α,β-unsaturated/α-hetero) is 1. The highest BCUT2D eigenvalue weighted by Gasteiger charge is 2.18. The Morgan fingerprint density at radius 1 is 1.12 bits per heavy atom. The molecule has 0 atom stereocenters. The van der Waals surface area contributed by atoms with Crippen molar-refractivity contribution < 1.29 is 19.1 Å². The zero-order valence-electron chi connectivity index (χ0n) is 14.5. The lowest BCUT2D eigenvalue weighted by Crippen LogP contribution is -2.26. The molecule has 0 unspecified atom stereocenters. The largest absolute Gasteiger partial charge is 0.482 e. The first kappa shape index (κ1) is 17.7. The molecule has 2 aromatic carbocycles. The van der Waals surface area contributed by atoms with Crippen LogP contribution in [0.1, 0.15) is 28.8 Å². The second-order valence-electron chi connectivity index (χ2n) is 6.21. The van der Waals surface area contributed by atoms with Gasteiger partial charge in [-0.25, -0.2) is 0 Å². The molecule has 1 aliphatic heterocycles. The fraction of sp³-hybridized carbons (Fsp3) is 0.250. The minimum absolute atomic E-state index is 0.0253. The van der Waals surface area contributed by atoms with Gasteiger partial charge in [0.1, 0.15) is 5.75 Å². The first-order chi connectivity index (χ1) is 12.5. The number of rotatable bonds is 6. The van der Waals surface area contributed by atoms with Gasteiger partial charge in [-0.3, -0.25) is 14.4 Å². The number of nitrogens with zero attached hydrogens (tertiary/aromatic N) is 1. The number of hydrogen-bond donors (Lipinski definition) is 1. The second kappa shape index (κ2) is 7.82. The summed E-state index contributed by atoms with van der Waals surface area (Å²) in [5.41, 5.74) is 1.98. The lowest BCUT2D eigenvalue weighted by atomic mass is 10.0. The van der Waals surface area contributed by atoms with Gasteiger partial charge in [0.25, 0.3) is 5.91 Å². The Hall–Kier alpha value is -3.15. The number of nitrogens with one attached hydrogen (secondary N) is 1. The van der Waals surface area contributed by atoms with Gasteiger partial charge in [0, 0.05) is 32.0 Å². The number of ether oxygens (including phenoxy) is 1. The Morgan fingerprint density at radius 3 is 2.65 bits per heavy atom. The number of benzene rings is 2. The Kier molecular flexibility index (Phi) is 5.31. The van der Waals surface area contributed by atoms with E-state index in [0.717, 1.165) is 5.56 Å². The highest BCUT2D eigenvalue weighted by molar-refractivity contribution is 6.01. The molecule has 134 valence electrons. The zero-order chi connectivity index (χ0) is 18.5. The lowest BCUT2D eigenvalue weighted by molar-refractivity contribution is -0.130. The summed E-state index contributed by atoms with van der Waals surface area (Å²) >= 11 is 0. The van der Waals surface area contributed by atoms with E-state index in [4.69, 9.17) is 4.74 Å². The lowest BCUT2D eigenvalue weighted by Gasteiger charge is -2.19. The Morgan fingerprint density at radius 2 is 1.88 bits per heavy atom. The maximum Gasteiger partial charge on any atom is 0.262 e. The molecule has 2 amide bonds. The molecular formula is C20H20N2O4. The highest BCUT2D eigenvalue weighted by atomic mass is 16.5. The van der Waals surface area contributed by atoms with Crippen molar-refractivity contribution in [3.63, 3.8) is 0 Å². The Bertz CT molecular complexity index is 833. The molecule has 6 heteroatoms. The number of carbonyl (C=O) groups is 3. The van der Waals surface area contributed by atoms with Gasteiger partial charge in [-0.2, -0.15) is 0 Å². The van der Waals surface area contributed by atoms with Crippen molar-refractivity contribution in [2.24, 2.45) is 0 Å². The first-order valence-electron chi connectivity index (χ1n) is 8.41. The van der Waals surface area contributed by atoms with Crippen LogP contribution in [0.5, 0.6) is 5.75 Å². The molecular weight excluding hydrogens is 332 g/mol. The van der Waals surface area contributed by atoms with Gasteiger partial charge in [-0.15, -0.1) is 0 Å². The fourth-order valence-electron chi connectivity index (χ4n) is 2.76. The smallest absolute Gasteiger partial charge is 0.262 e. The number of anilines is 1. The van der Waals surface area contributed by atoms with E-state index in [1.54, 1.807) is 30.1 Å². The van der Waals surface area contributed by atoms with Crippen LogP contribution in [0.3, 0.4) is 0 Å². The van der Waals surface area contributed by atoms with Gasteiger partial charge < -0.3 is 15.0 Å². The molecule has 0 saturated carbocycles. The van der Waals surface area contributed by atoms with Crippen molar-refractivity contribution in [2.45, 2.75) is 19.4 Å². The summed E-state index contributed by atoms with van der Waals surface area (Å²) in [4.78, 5) is 37.6. The summed E-state index contributed by atoms with van der Waals surface area (Å²) in [5, 5.41) is 2.67. The number of fused-ring (bicyclic) bond motifs is 1. The molecule has 0 fully saturated rings. The third kappa shape index (κ3) is 4.27. The van der Waals surface area contributed by atoms with Crippen molar-refractivity contribution in [2.75, 3.05) is 19.0 Å². The first-order valence-corrected chi connectivity index (χ1v) is 8.41. The van der Waals surface area contributed by atoms with Gasteiger partial charge in [0.05, 0.1) is 5.69 Å². The van der Waals surface area contributed by atoms with E-state index >= 15 is 0 Å². The highest BCUT2D eigenvalue weighted by Crippen LogP contribution is 2.29. The topological polar surface area (TPSA) is 75.7 Å². The molecule has 6 nitrogen and oxygen atoms in total. The summed E-state index contributed by atoms with van der Waals surface area (Å²) < 4.78 is 5.27. The van der Waals surface area contributed by atoms with Gasteiger partial charge in [0.2, 0.25) is 5.91 Å². The maximum absolute atomic E-state index is 12.4. The minimum Gasteiger partial charge on any atom is -0.482 e. The van der Waals surface area contributed by atoms with Gasteiger partial charge in [-0.1, -0.05) is 30.3 Å². The van der Waals surface area contributed by atoms with Crippen LogP contribution in [0.4, 0.5) is 5.69 Å². The molecule has 1 heterocycles. The van der Waals surface area contributed by atoms with E-state index in [2.05, 4.69) is 5.32 Å². The van der Waals surface area contributed by atoms with Crippen LogP contribution in [0.15, 0.2) is 48.5 Å². The van der Waals surface area contributed by atoms with Gasteiger partial charge in [-0.05, 0) is 23.8 Å². The van der Waals surface area contributed by atoms with Crippen LogP contribution in [0.2, 0.25) is 0 Å². The van der Waals surface area contributed by atoms with Gasteiger partial charge in [0.15, 0.2) is 12.4 Å². The predicted molar refractivity (Wildman–Crippen MR) is 97.0 cm³/mol. The van der Waals surface area contributed by atoms with Crippen LogP contribution < -0.4 is 10.1 Å². The van der Waals surface area contributed by atoms with Crippen molar-refractivity contribution in [1.29, 1.82) is 0 Å².